The molecule has 5 heteroatoms. The average Bonchev–Trinajstić information content (AvgIpc) is 2.04. The zero-order chi connectivity index (χ0) is 9.73. The minimum atomic E-state index is -0.884. The Morgan fingerprint density at radius 2 is 2.36 bits per heavy atom. The highest BCUT2D eigenvalue weighted by Gasteiger charge is 2.32. The summed E-state index contributed by atoms with van der Waals surface area (Å²) in [4.78, 5) is 11.1. The zero-order valence-electron chi connectivity index (χ0n) is 8.41. The Balaban J connectivity index is 0.00000169. The summed E-state index contributed by atoms with van der Waals surface area (Å²) >= 11 is 0. The monoisotopic (exact) mass is 223 g/mol. The summed E-state index contributed by atoms with van der Waals surface area (Å²) in [6.45, 7) is 3.56. The zero-order valence-corrected chi connectivity index (χ0v) is 9.23. The molecule has 1 rings (SSSR count). The van der Waals surface area contributed by atoms with Gasteiger partial charge in [-0.2, -0.15) is 0 Å². The van der Waals surface area contributed by atoms with E-state index in [2.05, 4.69) is 5.32 Å². The van der Waals surface area contributed by atoms with E-state index in [1.54, 1.807) is 6.92 Å². The predicted molar refractivity (Wildman–Crippen MR) is 55.6 cm³/mol. The third-order valence-corrected chi connectivity index (χ3v) is 2.23. The van der Waals surface area contributed by atoms with Crippen LogP contribution in [0.5, 0.6) is 0 Å². The van der Waals surface area contributed by atoms with Crippen molar-refractivity contribution < 1.29 is 14.6 Å². The molecule has 0 bridgehead atoms. The predicted octanol–water partition coefficient (Wildman–Crippen LogP) is 0.476. The first-order valence-electron chi connectivity index (χ1n) is 4.75. The SMILES string of the molecule is CCOC(=O)CC1(O)CCCNC1.Cl. The summed E-state index contributed by atoms with van der Waals surface area (Å²) in [5.74, 6) is -0.311. The molecule has 0 aromatic carbocycles. The second-order valence-electron chi connectivity index (χ2n) is 3.49. The van der Waals surface area contributed by atoms with Gasteiger partial charge in [-0.15, -0.1) is 12.4 Å². The van der Waals surface area contributed by atoms with Gasteiger partial charge in [0.2, 0.25) is 0 Å². The molecular weight excluding hydrogens is 206 g/mol. The number of carbonyl (C=O) groups is 1. The Bertz CT molecular complexity index is 181. The van der Waals surface area contributed by atoms with Crippen LogP contribution in [-0.2, 0) is 9.53 Å². The summed E-state index contributed by atoms with van der Waals surface area (Å²) in [5.41, 5.74) is -0.884. The summed E-state index contributed by atoms with van der Waals surface area (Å²) < 4.78 is 4.78. The van der Waals surface area contributed by atoms with E-state index >= 15 is 0 Å². The van der Waals surface area contributed by atoms with Gasteiger partial charge in [0.1, 0.15) is 0 Å². The molecule has 0 aromatic heterocycles. The summed E-state index contributed by atoms with van der Waals surface area (Å²) in [6, 6.07) is 0. The van der Waals surface area contributed by atoms with Crippen LogP contribution in [0, 0.1) is 0 Å². The number of rotatable bonds is 3. The number of β-amino-alcohol motifs (C(OH)–C–C–N with tert-alkyl or cyclic N) is 1. The van der Waals surface area contributed by atoms with Crippen molar-refractivity contribution in [2.75, 3.05) is 19.7 Å². The third-order valence-electron chi connectivity index (χ3n) is 2.23. The molecule has 1 heterocycles. The highest BCUT2D eigenvalue weighted by Crippen LogP contribution is 2.20. The van der Waals surface area contributed by atoms with E-state index in [1.807, 2.05) is 0 Å². The van der Waals surface area contributed by atoms with Crippen LogP contribution in [-0.4, -0.2) is 36.4 Å². The largest absolute Gasteiger partial charge is 0.466 e. The second kappa shape index (κ2) is 6.22. The van der Waals surface area contributed by atoms with Crippen LogP contribution in [0.2, 0.25) is 0 Å². The summed E-state index contributed by atoms with van der Waals surface area (Å²) in [7, 11) is 0. The second-order valence-corrected chi connectivity index (χ2v) is 3.49. The van der Waals surface area contributed by atoms with E-state index in [-0.39, 0.29) is 24.8 Å². The number of esters is 1. The van der Waals surface area contributed by atoms with Crippen LogP contribution >= 0.6 is 12.4 Å². The van der Waals surface area contributed by atoms with E-state index in [4.69, 9.17) is 4.74 Å². The fourth-order valence-corrected chi connectivity index (χ4v) is 1.58. The molecule has 0 saturated carbocycles. The van der Waals surface area contributed by atoms with Crippen molar-refractivity contribution in [3.8, 4) is 0 Å². The van der Waals surface area contributed by atoms with Crippen LogP contribution in [0.25, 0.3) is 0 Å². The molecule has 0 radical (unpaired) electrons. The quantitative estimate of drug-likeness (QED) is 0.684. The van der Waals surface area contributed by atoms with Gasteiger partial charge in [-0.25, -0.2) is 0 Å². The van der Waals surface area contributed by atoms with Gasteiger partial charge in [0.25, 0.3) is 0 Å². The Kier molecular flexibility index (Phi) is 6.08. The van der Waals surface area contributed by atoms with Crippen LogP contribution in [0.15, 0.2) is 0 Å². The van der Waals surface area contributed by atoms with Crippen molar-refractivity contribution in [3.63, 3.8) is 0 Å². The number of nitrogens with one attached hydrogen (secondary N) is 1. The lowest BCUT2D eigenvalue weighted by Gasteiger charge is -2.31. The molecule has 0 aromatic rings. The average molecular weight is 224 g/mol. The molecule has 2 N–H and O–H groups in total. The molecule has 1 unspecified atom stereocenters. The van der Waals surface area contributed by atoms with Crippen molar-refractivity contribution in [2.24, 2.45) is 0 Å². The minimum Gasteiger partial charge on any atom is -0.466 e. The van der Waals surface area contributed by atoms with E-state index in [9.17, 15) is 9.90 Å². The molecule has 1 atom stereocenters. The van der Waals surface area contributed by atoms with Gasteiger partial charge in [-0.05, 0) is 26.3 Å². The topological polar surface area (TPSA) is 58.6 Å². The first-order valence-corrected chi connectivity index (χ1v) is 4.75. The fraction of sp³-hybridized carbons (Fsp3) is 0.889. The number of hydrogen-bond acceptors (Lipinski definition) is 4. The standard InChI is InChI=1S/C9H17NO3.ClH/c1-2-13-8(11)6-9(12)4-3-5-10-7-9;/h10,12H,2-7H2,1H3;1H. The fourth-order valence-electron chi connectivity index (χ4n) is 1.58. The van der Waals surface area contributed by atoms with Gasteiger partial charge in [0.15, 0.2) is 0 Å². The number of aliphatic hydroxyl groups is 1. The smallest absolute Gasteiger partial charge is 0.308 e. The molecule has 1 fully saturated rings. The van der Waals surface area contributed by atoms with E-state index in [1.165, 1.54) is 0 Å². The van der Waals surface area contributed by atoms with Gasteiger partial charge >= 0.3 is 5.97 Å². The lowest BCUT2D eigenvalue weighted by Crippen LogP contribution is -2.47. The van der Waals surface area contributed by atoms with Gasteiger partial charge in [-0.1, -0.05) is 0 Å². The van der Waals surface area contributed by atoms with E-state index < -0.39 is 5.60 Å². The van der Waals surface area contributed by atoms with Crippen LogP contribution in [0.3, 0.4) is 0 Å². The van der Waals surface area contributed by atoms with Crippen molar-refractivity contribution in [1.29, 1.82) is 0 Å². The van der Waals surface area contributed by atoms with Gasteiger partial charge in [-0.3, -0.25) is 4.79 Å². The Hall–Kier alpha value is -0.320. The number of hydrogen-bond donors (Lipinski definition) is 2. The molecule has 1 aliphatic heterocycles. The van der Waals surface area contributed by atoms with Gasteiger partial charge < -0.3 is 15.2 Å². The third kappa shape index (κ3) is 4.26. The maximum atomic E-state index is 11.1. The summed E-state index contributed by atoms with van der Waals surface area (Å²) in [5, 5.41) is 13.0. The molecule has 0 aliphatic carbocycles. The molecule has 84 valence electrons. The first kappa shape index (κ1) is 13.7. The molecule has 1 saturated heterocycles. The van der Waals surface area contributed by atoms with Crippen molar-refractivity contribution in [3.05, 3.63) is 0 Å². The number of halogens is 1. The highest BCUT2D eigenvalue weighted by molar-refractivity contribution is 5.85. The van der Waals surface area contributed by atoms with E-state index in [0.29, 0.717) is 19.6 Å². The van der Waals surface area contributed by atoms with Crippen molar-refractivity contribution in [1.82, 2.24) is 5.32 Å². The molecule has 14 heavy (non-hydrogen) atoms. The van der Waals surface area contributed by atoms with Gasteiger partial charge in [0, 0.05) is 6.54 Å². The molecule has 1 aliphatic rings. The normalized spacial score (nSPS) is 26.4. The van der Waals surface area contributed by atoms with Crippen LogP contribution < -0.4 is 5.32 Å². The maximum absolute atomic E-state index is 11.1. The van der Waals surface area contributed by atoms with E-state index in [0.717, 1.165) is 13.0 Å². The molecule has 4 nitrogen and oxygen atoms in total. The van der Waals surface area contributed by atoms with Crippen molar-refractivity contribution >= 4 is 18.4 Å². The minimum absolute atomic E-state index is 0. The maximum Gasteiger partial charge on any atom is 0.308 e. The van der Waals surface area contributed by atoms with Crippen LogP contribution in [0.1, 0.15) is 26.2 Å². The lowest BCUT2D eigenvalue weighted by atomic mass is 9.91. The van der Waals surface area contributed by atoms with Crippen molar-refractivity contribution in [2.45, 2.75) is 31.8 Å². The van der Waals surface area contributed by atoms with Crippen LogP contribution in [0.4, 0.5) is 0 Å². The number of piperidine rings is 1. The first-order chi connectivity index (χ1) is 6.16. The van der Waals surface area contributed by atoms with Gasteiger partial charge in [0.05, 0.1) is 18.6 Å². The summed E-state index contributed by atoms with van der Waals surface area (Å²) in [6.07, 6.45) is 1.70. The number of carbonyl (C=O) groups excluding carboxylic acids is 1. The Morgan fingerprint density at radius 1 is 1.64 bits per heavy atom. The Labute approximate surface area is 90.4 Å². The number of ether oxygens (including phenoxy) is 1. The molecule has 0 amide bonds. The molecular formula is C9H18ClNO3. The Morgan fingerprint density at radius 3 is 2.86 bits per heavy atom. The molecule has 0 spiro atoms. The highest BCUT2D eigenvalue weighted by atomic mass is 35.5. The lowest BCUT2D eigenvalue weighted by molar-refractivity contribution is -0.149.